The monoisotopic (exact) mass is 520 g/mol. The first-order valence-corrected chi connectivity index (χ1v) is 11.6. The molecular formula is C26H28F4N4O3. The molecule has 1 aliphatic rings. The first-order valence-electron chi connectivity index (χ1n) is 11.6. The van der Waals surface area contributed by atoms with Crippen LogP contribution in [0.25, 0.3) is 10.9 Å². The number of halogens is 4. The fraction of sp³-hybridized carbons (Fsp3) is 0.423. The van der Waals surface area contributed by atoms with Gasteiger partial charge in [0, 0.05) is 24.1 Å². The van der Waals surface area contributed by atoms with Crippen LogP contribution in [0.2, 0.25) is 0 Å². The van der Waals surface area contributed by atoms with Gasteiger partial charge in [-0.3, -0.25) is 4.79 Å². The van der Waals surface area contributed by atoms with Crippen LogP contribution < -0.4 is 15.0 Å². The Morgan fingerprint density at radius 2 is 1.92 bits per heavy atom. The first kappa shape index (κ1) is 26.6. The SMILES string of the molecule is Cc1nc(N[C@H](C)c2cccc(C(F)(F)[C@@](C)(O)CF)c2F)c2cc3c(cc2n1)OC(C)(C)C(=O)N3C. The number of benzene rings is 2. The number of carbonyl (C=O) groups is 1. The van der Waals surface area contributed by atoms with Crippen molar-refractivity contribution in [3.8, 4) is 5.75 Å². The van der Waals surface area contributed by atoms with Crippen LogP contribution in [0.4, 0.5) is 29.1 Å². The topological polar surface area (TPSA) is 87.6 Å². The molecule has 2 aromatic carbocycles. The van der Waals surface area contributed by atoms with Crippen LogP contribution in [0.15, 0.2) is 30.3 Å². The lowest BCUT2D eigenvalue weighted by Crippen LogP contribution is -2.50. The van der Waals surface area contributed by atoms with Crippen LogP contribution in [-0.2, 0) is 10.7 Å². The number of ether oxygens (including phenoxy) is 1. The number of aryl methyl sites for hydroxylation is 1. The normalized spacial score (nSPS) is 17.7. The number of carbonyl (C=O) groups excluding carboxylic acids is 1. The second-order valence-electron chi connectivity index (χ2n) is 9.99. The van der Waals surface area contributed by atoms with Crippen molar-refractivity contribution in [3.05, 3.63) is 53.1 Å². The zero-order chi connectivity index (χ0) is 27.5. The van der Waals surface area contributed by atoms with Gasteiger partial charge in [-0.2, -0.15) is 8.78 Å². The molecule has 37 heavy (non-hydrogen) atoms. The lowest BCUT2D eigenvalue weighted by molar-refractivity contribution is -0.187. The molecular weight excluding hydrogens is 492 g/mol. The van der Waals surface area contributed by atoms with Crippen LogP contribution in [0.1, 0.15) is 50.7 Å². The third-order valence-corrected chi connectivity index (χ3v) is 6.56. The Labute approximate surface area is 211 Å². The maximum absolute atomic E-state index is 15.3. The van der Waals surface area contributed by atoms with Gasteiger partial charge in [0.2, 0.25) is 0 Å². The van der Waals surface area contributed by atoms with Crippen LogP contribution in [0.5, 0.6) is 5.75 Å². The van der Waals surface area contributed by atoms with E-state index in [1.54, 1.807) is 46.9 Å². The molecule has 0 bridgehead atoms. The highest BCUT2D eigenvalue weighted by molar-refractivity contribution is 6.05. The van der Waals surface area contributed by atoms with Gasteiger partial charge in [0.15, 0.2) is 11.2 Å². The number of hydrogen-bond acceptors (Lipinski definition) is 6. The van der Waals surface area contributed by atoms with E-state index >= 15 is 4.39 Å². The van der Waals surface area contributed by atoms with E-state index < -0.39 is 41.2 Å². The van der Waals surface area contributed by atoms with Crippen molar-refractivity contribution in [1.82, 2.24) is 9.97 Å². The smallest absolute Gasteiger partial charge is 0.306 e. The van der Waals surface area contributed by atoms with E-state index in [0.29, 0.717) is 35.1 Å². The van der Waals surface area contributed by atoms with Crippen molar-refractivity contribution < 1.29 is 32.2 Å². The number of hydrogen-bond donors (Lipinski definition) is 2. The summed E-state index contributed by atoms with van der Waals surface area (Å²) in [4.78, 5) is 23.0. The summed E-state index contributed by atoms with van der Waals surface area (Å²) in [5.41, 5.74) is -4.40. The summed E-state index contributed by atoms with van der Waals surface area (Å²) < 4.78 is 63.9. The molecule has 1 aromatic heterocycles. The van der Waals surface area contributed by atoms with E-state index in [0.717, 1.165) is 6.07 Å². The number of likely N-dealkylation sites (N-methyl/N-ethyl adjacent to an activating group) is 1. The first-order chi connectivity index (χ1) is 17.1. The van der Waals surface area contributed by atoms with Crippen molar-refractivity contribution in [1.29, 1.82) is 0 Å². The minimum absolute atomic E-state index is 0.133. The summed E-state index contributed by atoms with van der Waals surface area (Å²) in [7, 11) is 1.62. The second-order valence-corrected chi connectivity index (χ2v) is 9.99. The number of fused-ring (bicyclic) bond motifs is 2. The highest BCUT2D eigenvalue weighted by atomic mass is 19.3. The summed E-state index contributed by atoms with van der Waals surface area (Å²) >= 11 is 0. The minimum atomic E-state index is -4.18. The fourth-order valence-electron chi connectivity index (χ4n) is 4.33. The molecule has 0 radical (unpaired) electrons. The third-order valence-electron chi connectivity index (χ3n) is 6.56. The number of aliphatic hydroxyl groups is 1. The molecule has 1 aliphatic heterocycles. The molecule has 3 aromatic rings. The fourth-order valence-corrected chi connectivity index (χ4v) is 4.33. The maximum atomic E-state index is 15.3. The van der Waals surface area contributed by atoms with Gasteiger partial charge in [-0.25, -0.2) is 18.7 Å². The van der Waals surface area contributed by atoms with Crippen LogP contribution in [0.3, 0.4) is 0 Å². The molecule has 0 saturated heterocycles. The van der Waals surface area contributed by atoms with E-state index in [2.05, 4.69) is 15.3 Å². The molecule has 0 fully saturated rings. The summed E-state index contributed by atoms with van der Waals surface area (Å²) in [6.45, 7) is 5.40. The van der Waals surface area contributed by atoms with E-state index in [-0.39, 0.29) is 17.3 Å². The lowest BCUT2D eigenvalue weighted by atomic mass is 9.90. The molecule has 0 spiro atoms. The van der Waals surface area contributed by atoms with Crippen LogP contribution >= 0.6 is 0 Å². The molecule has 2 heterocycles. The molecule has 0 saturated carbocycles. The van der Waals surface area contributed by atoms with Crippen molar-refractivity contribution in [2.45, 2.75) is 57.8 Å². The van der Waals surface area contributed by atoms with Crippen molar-refractivity contribution in [2.24, 2.45) is 0 Å². The van der Waals surface area contributed by atoms with E-state index in [9.17, 15) is 23.1 Å². The number of alkyl halides is 3. The quantitative estimate of drug-likeness (QED) is 0.435. The molecule has 2 atom stereocenters. The van der Waals surface area contributed by atoms with Gasteiger partial charge in [-0.1, -0.05) is 12.1 Å². The van der Waals surface area contributed by atoms with E-state index in [1.807, 2.05) is 0 Å². The molecule has 7 nitrogen and oxygen atoms in total. The summed E-state index contributed by atoms with van der Waals surface area (Å²) in [6, 6.07) is 5.84. The minimum Gasteiger partial charge on any atom is -0.476 e. The zero-order valence-electron chi connectivity index (χ0n) is 21.3. The second kappa shape index (κ2) is 8.83. The molecule has 11 heteroatoms. The summed E-state index contributed by atoms with van der Waals surface area (Å²) in [5, 5.41) is 13.4. The number of aromatic nitrogens is 2. The predicted molar refractivity (Wildman–Crippen MR) is 131 cm³/mol. The largest absolute Gasteiger partial charge is 0.476 e. The maximum Gasteiger partial charge on any atom is 0.306 e. The van der Waals surface area contributed by atoms with Crippen molar-refractivity contribution in [3.63, 3.8) is 0 Å². The molecule has 4 rings (SSSR count). The number of rotatable bonds is 6. The Morgan fingerprint density at radius 1 is 1.24 bits per heavy atom. The molecule has 0 aliphatic carbocycles. The van der Waals surface area contributed by atoms with Crippen LogP contribution in [0, 0.1) is 12.7 Å². The highest BCUT2D eigenvalue weighted by Gasteiger charge is 2.52. The molecule has 2 N–H and O–H groups in total. The number of amides is 1. The standard InChI is InChI=1S/C26H28F4N4O3/c1-13(15-8-7-9-17(21(15)28)26(29,30)25(5,36)12-27)31-22-16-10-19-20(11-18(16)32-14(2)33-22)37-24(3,4)23(35)34(19)6/h7-11,13,36H,12H2,1-6H3,(H,31,32,33)/t13-,25+/m1/s1. The Kier molecular flexibility index (Phi) is 6.34. The van der Waals surface area contributed by atoms with Gasteiger partial charge >= 0.3 is 5.92 Å². The summed E-state index contributed by atoms with van der Waals surface area (Å²) in [5.74, 6) is -4.56. The van der Waals surface area contributed by atoms with E-state index in [4.69, 9.17) is 4.74 Å². The van der Waals surface area contributed by atoms with Gasteiger partial charge in [0.05, 0.1) is 22.8 Å². The van der Waals surface area contributed by atoms with Crippen molar-refractivity contribution >= 4 is 28.3 Å². The predicted octanol–water partition coefficient (Wildman–Crippen LogP) is 5.20. The zero-order valence-corrected chi connectivity index (χ0v) is 21.3. The molecule has 1 amide bonds. The van der Waals surface area contributed by atoms with Gasteiger partial charge < -0.3 is 20.1 Å². The van der Waals surface area contributed by atoms with Crippen molar-refractivity contribution in [2.75, 3.05) is 23.9 Å². The average molecular weight is 521 g/mol. The third kappa shape index (κ3) is 4.35. The Bertz CT molecular complexity index is 1390. The van der Waals surface area contributed by atoms with Crippen LogP contribution in [-0.4, -0.2) is 45.9 Å². The molecule has 0 unspecified atom stereocenters. The Balaban J connectivity index is 1.77. The lowest BCUT2D eigenvalue weighted by Gasteiger charge is -2.37. The number of anilines is 2. The number of nitrogens with one attached hydrogen (secondary N) is 1. The average Bonchev–Trinajstić information content (AvgIpc) is 2.81. The van der Waals surface area contributed by atoms with Gasteiger partial charge in [-0.15, -0.1) is 0 Å². The van der Waals surface area contributed by atoms with E-state index in [1.165, 1.54) is 17.0 Å². The van der Waals surface area contributed by atoms with Gasteiger partial charge in [-0.05, 0) is 46.8 Å². The van der Waals surface area contributed by atoms with Gasteiger partial charge in [0.1, 0.15) is 29.9 Å². The summed E-state index contributed by atoms with van der Waals surface area (Å²) in [6.07, 6.45) is 0. The Hall–Kier alpha value is -3.47. The Morgan fingerprint density at radius 3 is 2.57 bits per heavy atom. The number of nitrogens with zero attached hydrogens (tertiary/aromatic N) is 3. The highest BCUT2D eigenvalue weighted by Crippen LogP contribution is 2.43. The molecule has 198 valence electrons. The van der Waals surface area contributed by atoms with Gasteiger partial charge in [0.25, 0.3) is 5.91 Å².